The quantitative estimate of drug-likeness (QED) is 0.804. The predicted molar refractivity (Wildman–Crippen MR) is 83.5 cm³/mol. The maximum absolute atomic E-state index is 12.1. The molecular weight excluding hydrogens is 377 g/mol. The number of halogens is 2. The number of benzene rings is 1. The number of rotatable bonds is 3. The molecule has 3 nitrogen and oxygen atoms in total. The van der Waals surface area contributed by atoms with Crippen LogP contribution in [0.2, 0.25) is 5.02 Å². The van der Waals surface area contributed by atoms with Gasteiger partial charge in [-0.3, -0.25) is 4.79 Å². The summed E-state index contributed by atoms with van der Waals surface area (Å²) in [5, 5.41) is 3.43. The maximum atomic E-state index is 12.1. The molecule has 1 heterocycles. The van der Waals surface area contributed by atoms with Gasteiger partial charge in [-0.05, 0) is 60.7 Å². The van der Waals surface area contributed by atoms with Gasteiger partial charge in [-0.15, -0.1) is 0 Å². The maximum Gasteiger partial charge on any atom is 0.252 e. The van der Waals surface area contributed by atoms with Crippen molar-refractivity contribution in [3.63, 3.8) is 0 Å². The highest BCUT2D eigenvalue weighted by atomic mass is 127. The first-order valence-corrected chi connectivity index (χ1v) is 7.22. The van der Waals surface area contributed by atoms with Crippen LogP contribution in [0.15, 0.2) is 28.7 Å². The summed E-state index contributed by atoms with van der Waals surface area (Å²) < 4.78 is 6.30. The van der Waals surface area contributed by atoms with Gasteiger partial charge in [-0.2, -0.15) is 0 Å². The number of carbonyl (C=O) groups excluding carboxylic acids is 1. The monoisotopic (exact) mass is 389 g/mol. The number of aryl methyl sites for hydroxylation is 2. The SMILES string of the molecule is Cc1cc(CNC(=O)c2cc(Cl)ccc2I)c(C)o1. The molecule has 1 aromatic carbocycles. The van der Waals surface area contributed by atoms with E-state index in [0.29, 0.717) is 17.1 Å². The van der Waals surface area contributed by atoms with E-state index in [1.807, 2.05) is 26.0 Å². The molecule has 1 amide bonds. The summed E-state index contributed by atoms with van der Waals surface area (Å²) in [4.78, 5) is 12.1. The summed E-state index contributed by atoms with van der Waals surface area (Å²) in [6.45, 7) is 4.22. The van der Waals surface area contributed by atoms with Crippen LogP contribution in [0, 0.1) is 17.4 Å². The van der Waals surface area contributed by atoms with Crippen LogP contribution in [0.1, 0.15) is 27.4 Å². The second-order valence-electron chi connectivity index (χ2n) is 4.25. The fourth-order valence-corrected chi connectivity index (χ4v) is 2.55. The Morgan fingerprint density at radius 2 is 2.11 bits per heavy atom. The molecule has 0 spiro atoms. The van der Waals surface area contributed by atoms with E-state index < -0.39 is 0 Å². The fourth-order valence-electron chi connectivity index (χ4n) is 1.80. The summed E-state index contributed by atoms with van der Waals surface area (Å²) in [5.41, 5.74) is 1.58. The van der Waals surface area contributed by atoms with E-state index in [9.17, 15) is 4.79 Å². The molecule has 0 aliphatic carbocycles. The number of hydrogen-bond acceptors (Lipinski definition) is 2. The zero-order valence-corrected chi connectivity index (χ0v) is 13.5. The van der Waals surface area contributed by atoms with E-state index >= 15 is 0 Å². The molecule has 5 heteroatoms. The number of furan rings is 1. The Bertz CT molecular complexity index is 622. The Labute approximate surface area is 130 Å². The standard InChI is InChI=1S/C14H13ClINO2/c1-8-5-10(9(2)19-8)7-17-14(18)12-6-11(15)3-4-13(12)16/h3-6H,7H2,1-2H3,(H,17,18). The first-order chi connectivity index (χ1) is 8.97. The molecule has 1 N–H and O–H groups in total. The first kappa shape index (κ1) is 14.4. The zero-order valence-electron chi connectivity index (χ0n) is 10.6. The Kier molecular flexibility index (Phi) is 4.52. The van der Waals surface area contributed by atoms with Crippen molar-refractivity contribution in [3.8, 4) is 0 Å². The summed E-state index contributed by atoms with van der Waals surface area (Å²) in [7, 11) is 0. The van der Waals surface area contributed by atoms with Gasteiger partial charge in [0.05, 0.1) is 5.56 Å². The van der Waals surface area contributed by atoms with Crippen molar-refractivity contribution in [3.05, 3.63) is 55.5 Å². The van der Waals surface area contributed by atoms with E-state index in [2.05, 4.69) is 27.9 Å². The van der Waals surface area contributed by atoms with E-state index in [1.165, 1.54) is 0 Å². The van der Waals surface area contributed by atoms with Crippen molar-refractivity contribution in [2.75, 3.05) is 0 Å². The molecule has 19 heavy (non-hydrogen) atoms. The fraction of sp³-hybridized carbons (Fsp3) is 0.214. The van der Waals surface area contributed by atoms with E-state index in [-0.39, 0.29) is 5.91 Å². The predicted octanol–water partition coefficient (Wildman–Crippen LogP) is 4.08. The molecule has 0 fully saturated rings. The molecule has 0 radical (unpaired) electrons. The minimum absolute atomic E-state index is 0.134. The second-order valence-corrected chi connectivity index (χ2v) is 5.84. The summed E-state index contributed by atoms with van der Waals surface area (Å²) >= 11 is 8.03. The van der Waals surface area contributed by atoms with Gasteiger partial charge in [0, 0.05) is 20.7 Å². The van der Waals surface area contributed by atoms with E-state index in [4.69, 9.17) is 16.0 Å². The minimum atomic E-state index is -0.134. The minimum Gasteiger partial charge on any atom is -0.466 e. The van der Waals surface area contributed by atoms with Crippen LogP contribution in [0.3, 0.4) is 0 Å². The summed E-state index contributed by atoms with van der Waals surface area (Å²) in [5.74, 6) is 1.54. The van der Waals surface area contributed by atoms with E-state index in [1.54, 1.807) is 12.1 Å². The van der Waals surface area contributed by atoms with Gasteiger partial charge in [-0.1, -0.05) is 11.6 Å². The van der Waals surface area contributed by atoms with Crippen LogP contribution in [0.4, 0.5) is 0 Å². The van der Waals surface area contributed by atoms with Crippen molar-refractivity contribution in [1.82, 2.24) is 5.32 Å². The second kappa shape index (κ2) is 5.96. The van der Waals surface area contributed by atoms with Crippen LogP contribution < -0.4 is 5.32 Å². The largest absolute Gasteiger partial charge is 0.466 e. The number of amides is 1. The van der Waals surface area contributed by atoms with Crippen LogP contribution in [-0.4, -0.2) is 5.91 Å². The van der Waals surface area contributed by atoms with Crippen molar-refractivity contribution in [2.45, 2.75) is 20.4 Å². The normalized spacial score (nSPS) is 10.5. The molecular formula is C14H13ClINO2. The summed E-state index contributed by atoms with van der Waals surface area (Å²) in [6, 6.07) is 7.19. The molecule has 2 rings (SSSR count). The average Bonchev–Trinajstić information content (AvgIpc) is 2.68. The molecule has 0 saturated heterocycles. The van der Waals surface area contributed by atoms with Gasteiger partial charge in [-0.25, -0.2) is 0 Å². The van der Waals surface area contributed by atoms with Crippen LogP contribution in [0.5, 0.6) is 0 Å². The van der Waals surface area contributed by atoms with Gasteiger partial charge in [0.25, 0.3) is 5.91 Å². The first-order valence-electron chi connectivity index (χ1n) is 5.76. The zero-order chi connectivity index (χ0) is 14.0. The third-order valence-corrected chi connectivity index (χ3v) is 3.93. The lowest BCUT2D eigenvalue weighted by molar-refractivity contribution is 0.0950. The molecule has 0 saturated carbocycles. The Balaban J connectivity index is 2.09. The van der Waals surface area contributed by atoms with Crippen molar-refractivity contribution in [1.29, 1.82) is 0 Å². The molecule has 0 bridgehead atoms. The molecule has 0 aliphatic heterocycles. The van der Waals surface area contributed by atoms with E-state index in [0.717, 1.165) is 20.7 Å². The van der Waals surface area contributed by atoms with Gasteiger partial charge in [0.2, 0.25) is 0 Å². The van der Waals surface area contributed by atoms with Crippen LogP contribution in [0.25, 0.3) is 0 Å². The number of nitrogens with one attached hydrogen (secondary N) is 1. The Hall–Kier alpha value is -1.01. The van der Waals surface area contributed by atoms with Gasteiger partial charge in [0.15, 0.2) is 0 Å². The third-order valence-electron chi connectivity index (χ3n) is 2.76. The van der Waals surface area contributed by atoms with Gasteiger partial charge >= 0.3 is 0 Å². The van der Waals surface area contributed by atoms with Gasteiger partial charge < -0.3 is 9.73 Å². The Morgan fingerprint density at radius 3 is 2.74 bits per heavy atom. The summed E-state index contributed by atoms with van der Waals surface area (Å²) in [6.07, 6.45) is 0. The van der Waals surface area contributed by atoms with Crippen molar-refractivity contribution in [2.24, 2.45) is 0 Å². The highest BCUT2D eigenvalue weighted by molar-refractivity contribution is 14.1. The molecule has 2 aromatic rings. The molecule has 0 atom stereocenters. The highest BCUT2D eigenvalue weighted by Gasteiger charge is 2.12. The van der Waals surface area contributed by atoms with Crippen molar-refractivity contribution >= 4 is 40.1 Å². The number of hydrogen-bond donors (Lipinski definition) is 1. The average molecular weight is 390 g/mol. The Morgan fingerprint density at radius 1 is 1.37 bits per heavy atom. The smallest absolute Gasteiger partial charge is 0.252 e. The highest BCUT2D eigenvalue weighted by Crippen LogP contribution is 2.18. The molecule has 0 aliphatic rings. The van der Waals surface area contributed by atoms with Gasteiger partial charge in [0.1, 0.15) is 11.5 Å². The molecule has 100 valence electrons. The topological polar surface area (TPSA) is 42.2 Å². The van der Waals surface area contributed by atoms with Crippen LogP contribution >= 0.6 is 34.2 Å². The molecule has 0 unspecified atom stereocenters. The third kappa shape index (κ3) is 3.51. The lowest BCUT2D eigenvalue weighted by Gasteiger charge is -2.06. The van der Waals surface area contributed by atoms with Crippen LogP contribution in [-0.2, 0) is 6.54 Å². The lowest BCUT2D eigenvalue weighted by atomic mass is 10.2. The molecule has 1 aromatic heterocycles. The number of carbonyl (C=O) groups is 1. The lowest BCUT2D eigenvalue weighted by Crippen LogP contribution is -2.23. The van der Waals surface area contributed by atoms with Crippen molar-refractivity contribution < 1.29 is 9.21 Å².